The van der Waals surface area contributed by atoms with E-state index in [1.165, 1.54) is 25.9 Å². The lowest BCUT2D eigenvalue weighted by molar-refractivity contribution is 0.0914. The Morgan fingerprint density at radius 2 is 1.77 bits per heavy atom. The average Bonchev–Trinajstić information content (AvgIpc) is 2.04. The number of nitrogens with zero attached hydrogens (tertiary/aromatic N) is 1. The fourth-order valence-corrected chi connectivity index (χ4v) is 2.18. The summed E-state index contributed by atoms with van der Waals surface area (Å²) >= 11 is 0. The van der Waals surface area contributed by atoms with Crippen molar-refractivity contribution in [2.24, 2.45) is 11.8 Å². The van der Waals surface area contributed by atoms with Crippen molar-refractivity contribution in [2.75, 3.05) is 19.6 Å². The first-order valence-corrected chi connectivity index (χ1v) is 5.50. The molecule has 13 heavy (non-hydrogen) atoms. The van der Waals surface area contributed by atoms with Crippen LogP contribution in [0, 0.1) is 11.8 Å². The Balaban J connectivity index is 2.22. The summed E-state index contributed by atoms with van der Waals surface area (Å²) < 4.78 is 0. The van der Waals surface area contributed by atoms with Crippen molar-refractivity contribution in [1.29, 1.82) is 0 Å². The van der Waals surface area contributed by atoms with Gasteiger partial charge < -0.3 is 10.0 Å². The fourth-order valence-electron chi connectivity index (χ4n) is 2.18. The lowest BCUT2D eigenvalue weighted by atomic mass is 9.87. The SMILES string of the molecule is CC(C)C1CCN(C[C@H](C)O)CC1. The van der Waals surface area contributed by atoms with Crippen LogP contribution >= 0.6 is 0 Å². The first-order valence-electron chi connectivity index (χ1n) is 5.50. The van der Waals surface area contributed by atoms with Crippen LogP contribution in [0.2, 0.25) is 0 Å². The smallest absolute Gasteiger partial charge is 0.0639 e. The number of piperidine rings is 1. The molecular formula is C11H23NO. The predicted octanol–water partition coefficient (Wildman–Crippen LogP) is 1.74. The Hall–Kier alpha value is -0.0800. The van der Waals surface area contributed by atoms with Crippen molar-refractivity contribution in [3.05, 3.63) is 0 Å². The van der Waals surface area contributed by atoms with Crippen molar-refractivity contribution < 1.29 is 5.11 Å². The molecule has 1 heterocycles. The average molecular weight is 185 g/mol. The molecule has 0 saturated carbocycles. The molecule has 0 radical (unpaired) electrons. The Kier molecular flexibility index (Phi) is 4.20. The molecule has 78 valence electrons. The van der Waals surface area contributed by atoms with E-state index < -0.39 is 0 Å². The van der Waals surface area contributed by atoms with Crippen LogP contribution in [0.1, 0.15) is 33.6 Å². The molecule has 1 saturated heterocycles. The summed E-state index contributed by atoms with van der Waals surface area (Å²) in [7, 11) is 0. The molecule has 0 unspecified atom stereocenters. The van der Waals surface area contributed by atoms with Crippen LogP contribution < -0.4 is 0 Å². The summed E-state index contributed by atoms with van der Waals surface area (Å²) in [6, 6.07) is 0. The second-order valence-corrected chi connectivity index (χ2v) is 4.73. The van der Waals surface area contributed by atoms with E-state index in [1.807, 2.05) is 6.92 Å². The van der Waals surface area contributed by atoms with Crippen LogP contribution in [0.25, 0.3) is 0 Å². The normalized spacial score (nSPS) is 23.8. The molecule has 0 aromatic carbocycles. The van der Waals surface area contributed by atoms with Gasteiger partial charge in [0.05, 0.1) is 6.10 Å². The zero-order chi connectivity index (χ0) is 9.84. The van der Waals surface area contributed by atoms with Crippen LogP contribution in [0.3, 0.4) is 0 Å². The third-order valence-corrected chi connectivity index (χ3v) is 3.10. The zero-order valence-electron chi connectivity index (χ0n) is 9.16. The Morgan fingerprint density at radius 3 is 2.15 bits per heavy atom. The van der Waals surface area contributed by atoms with Crippen LogP contribution in [0.4, 0.5) is 0 Å². The van der Waals surface area contributed by atoms with Gasteiger partial charge in [0.25, 0.3) is 0 Å². The monoisotopic (exact) mass is 185 g/mol. The third-order valence-electron chi connectivity index (χ3n) is 3.10. The van der Waals surface area contributed by atoms with Crippen molar-refractivity contribution in [2.45, 2.75) is 39.7 Å². The second kappa shape index (κ2) is 4.97. The molecular weight excluding hydrogens is 162 g/mol. The highest BCUT2D eigenvalue weighted by Gasteiger charge is 2.21. The van der Waals surface area contributed by atoms with E-state index in [9.17, 15) is 5.11 Å². The summed E-state index contributed by atoms with van der Waals surface area (Å²) in [5, 5.41) is 9.24. The Morgan fingerprint density at radius 1 is 1.23 bits per heavy atom. The summed E-state index contributed by atoms with van der Waals surface area (Å²) in [5.74, 6) is 1.74. The molecule has 1 atom stereocenters. The topological polar surface area (TPSA) is 23.5 Å². The lowest BCUT2D eigenvalue weighted by Gasteiger charge is -2.34. The van der Waals surface area contributed by atoms with Crippen LogP contribution in [0.5, 0.6) is 0 Å². The summed E-state index contributed by atoms with van der Waals surface area (Å²) in [4.78, 5) is 2.38. The van der Waals surface area contributed by atoms with Gasteiger partial charge in [-0.1, -0.05) is 13.8 Å². The van der Waals surface area contributed by atoms with Crippen LogP contribution in [-0.4, -0.2) is 35.7 Å². The van der Waals surface area contributed by atoms with Gasteiger partial charge in [-0.2, -0.15) is 0 Å². The molecule has 0 spiro atoms. The molecule has 1 aliphatic heterocycles. The largest absolute Gasteiger partial charge is 0.392 e. The van der Waals surface area contributed by atoms with E-state index in [-0.39, 0.29) is 6.10 Å². The highest BCUT2D eigenvalue weighted by molar-refractivity contribution is 4.74. The standard InChI is InChI=1S/C11H23NO/c1-9(2)11-4-6-12(7-5-11)8-10(3)13/h9-11,13H,4-8H2,1-3H3/t10-/m0/s1. The molecule has 2 nitrogen and oxygen atoms in total. The van der Waals surface area contributed by atoms with E-state index in [1.54, 1.807) is 0 Å². The third kappa shape index (κ3) is 3.65. The maximum absolute atomic E-state index is 9.24. The van der Waals surface area contributed by atoms with E-state index >= 15 is 0 Å². The number of hydrogen-bond acceptors (Lipinski definition) is 2. The van der Waals surface area contributed by atoms with Gasteiger partial charge in [-0.3, -0.25) is 0 Å². The molecule has 0 aromatic heterocycles. The van der Waals surface area contributed by atoms with Gasteiger partial charge in [0, 0.05) is 6.54 Å². The summed E-state index contributed by atoms with van der Waals surface area (Å²) in [6.07, 6.45) is 2.45. The van der Waals surface area contributed by atoms with Crippen molar-refractivity contribution in [3.8, 4) is 0 Å². The quantitative estimate of drug-likeness (QED) is 0.724. The van der Waals surface area contributed by atoms with Gasteiger partial charge >= 0.3 is 0 Å². The van der Waals surface area contributed by atoms with Gasteiger partial charge in [0.15, 0.2) is 0 Å². The molecule has 1 aliphatic rings. The maximum atomic E-state index is 9.24. The fraction of sp³-hybridized carbons (Fsp3) is 1.00. The second-order valence-electron chi connectivity index (χ2n) is 4.73. The molecule has 2 heteroatoms. The summed E-state index contributed by atoms with van der Waals surface area (Å²) in [5.41, 5.74) is 0. The van der Waals surface area contributed by atoms with Crippen molar-refractivity contribution in [3.63, 3.8) is 0 Å². The first-order chi connectivity index (χ1) is 6.09. The Bertz CT molecular complexity index is 137. The molecule has 0 bridgehead atoms. The van der Waals surface area contributed by atoms with E-state index in [0.29, 0.717) is 0 Å². The van der Waals surface area contributed by atoms with Crippen LogP contribution in [0.15, 0.2) is 0 Å². The minimum atomic E-state index is -0.171. The molecule has 0 amide bonds. The van der Waals surface area contributed by atoms with Gasteiger partial charge in [-0.05, 0) is 44.7 Å². The highest BCUT2D eigenvalue weighted by atomic mass is 16.3. The van der Waals surface area contributed by atoms with E-state index in [4.69, 9.17) is 0 Å². The lowest BCUT2D eigenvalue weighted by Crippen LogP contribution is -2.39. The van der Waals surface area contributed by atoms with Gasteiger partial charge in [-0.25, -0.2) is 0 Å². The number of β-amino-alcohol motifs (C(OH)–C–C–N with tert-alkyl or cyclic N) is 1. The van der Waals surface area contributed by atoms with E-state index in [2.05, 4.69) is 18.7 Å². The maximum Gasteiger partial charge on any atom is 0.0639 e. The predicted molar refractivity (Wildman–Crippen MR) is 55.7 cm³/mol. The minimum Gasteiger partial charge on any atom is -0.392 e. The molecule has 0 aliphatic carbocycles. The number of hydrogen-bond donors (Lipinski definition) is 1. The number of rotatable bonds is 3. The molecule has 1 fully saturated rings. The molecule has 0 aromatic rings. The number of aliphatic hydroxyl groups excluding tert-OH is 1. The van der Waals surface area contributed by atoms with Crippen molar-refractivity contribution in [1.82, 2.24) is 4.90 Å². The van der Waals surface area contributed by atoms with Gasteiger partial charge in [-0.15, -0.1) is 0 Å². The van der Waals surface area contributed by atoms with Gasteiger partial charge in [0.1, 0.15) is 0 Å². The first kappa shape index (κ1) is 11.0. The highest BCUT2D eigenvalue weighted by Crippen LogP contribution is 2.24. The van der Waals surface area contributed by atoms with Crippen molar-refractivity contribution >= 4 is 0 Å². The van der Waals surface area contributed by atoms with Gasteiger partial charge in [0.2, 0.25) is 0 Å². The number of likely N-dealkylation sites (tertiary alicyclic amines) is 1. The molecule has 1 rings (SSSR count). The van der Waals surface area contributed by atoms with Crippen LogP contribution in [-0.2, 0) is 0 Å². The van der Waals surface area contributed by atoms with E-state index in [0.717, 1.165) is 18.4 Å². The summed E-state index contributed by atoms with van der Waals surface area (Å²) in [6.45, 7) is 9.70. The molecule has 1 N–H and O–H groups in total. The number of aliphatic hydroxyl groups is 1. The minimum absolute atomic E-state index is 0.171. The Labute approximate surface area is 81.9 Å². The zero-order valence-corrected chi connectivity index (χ0v) is 9.16.